The summed E-state index contributed by atoms with van der Waals surface area (Å²) in [6, 6.07) is 1.08. The summed E-state index contributed by atoms with van der Waals surface area (Å²) in [5.41, 5.74) is -0.819. The van der Waals surface area contributed by atoms with Gasteiger partial charge in [-0.3, -0.25) is 0 Å². The van der Waals surface area contributed by atoms with Crippen LogP contribution in [-0.2, 0) is 5.41 Å². The Morgan fingerprint density at radius 3 is 2.50 bits per heavy atom. The Morgan fingerprint density at radius 2 is 2.06 bits per heavy atom. The van der Waals surface area contributed by atoms with Crippen molar-refractivity contribution in [3.8, 4) is 11.5 Å². The Balaban J connectivity index is 3.57. The van der Waals surface area contributed by atoms with E-state index in [1.54, 1.807) is 13.8 Å². The van der Waals surface area contributed by atoms with E-state index in [1.807, 2.05) is 0 Å². The number of hydrogen-bond donors (Lipinski definition) is 2. The summed E-state index contributed by atoms with van der Waals surface area (Å²) < 4.78 is 18.8. The molecule has 90 valence electrons. The lowest BCUT2D eigenvalue weighted by atomic mass is 9.84. The van der Waals surface area contributed by atoms with Gasteiger partial charge in [0.25, 0.3) is 0 Å². The highest BCUT2D eigenvalue weighted by atomic mass is 35.5. The van der Waals surface area contributed by atoms with Crippen LogP contribution in [0.1, 0.15) is 19.4 Å². The lowest BCUT2D eigenvalue weighted by molar-refractivity contribution is 0.209. The first kappa shape index (κ1) is 13.1. The number of hydrogen-bond acceptors (Lipinski definition) is 3. The van der Waals surface area contributed by atoms with Crippen molar-refractivity contribution in [3.05, 3.63) is 22.5 Å². The second-order valence-electron chi connectivity index (χ2n) is 4.14. The lowest BCUT2D eigenvalue weighted by Crippen LogP contribution is -2.24. The maximum Gasteiger partial charge on any atom is 0.167 e. The first-order valence-electron chi connectivity index (χ1n) is 4.71. The number of benzene rings is 1. The third kappa shape index (κ3) is 2.08. The third-order valence-electron chi connectivity index (χ3n) is 2.43. The van der Waals surface area contributed by atoms with Gasteiger partial charge in [-0.25, -0.2) is 4.39 Å². The van der Waals surface area contributed by atoms with Gasteiger partial charge in [0.1, 0.15) is 5.82 Å². The van der Waals surface area contributed by atoms with Crippen LogP contribution < -0.4 is 4.74 Å². The number of phenols is 1. The van der Waals surface area contributed by atoms with Crippen molar-refractivity contribution in [1.82, 2.24) is 0 Å². The van der Waals surface area contributed by atoms with Crippen molar-refractivity contribution in [3.63, 3.8) is 0 Å². The van der Waals surface area contributed by atoms with Gasteiger partial charge in [-0.2, -0.15) is 0 Å². The van der Waals surface area contributed by atoms with E-state index in [4.69, 9.17) is 16.3 Å². The minimum absolute atomic E-state index is 0.000880. The van der Waals surface area contributed by atoms with Crippen LogP contribution in [0.3, 0.4) is 0 Å². The fourth-order valence-corrected chi connectivity index (χ4v) is 1.68. The highest BCUT2D eigenvalue weighted by Crippen LogP contribution is 2.42. The van der Waals surface area contributed by atoms with Gasteiger partial charge in [-0.1, -0.05) is 25.4 Å². The van der Waals surface area contributed by atoms with Crippen LogP contribution in [0.25, 0.3) is 0 Å². The molecule has 0 aliphatic carbocycles. The molecule has 0 radical (unpaired) electrons. The molecule has 3 nitrogen and oxygen atoms in total. The lowest BCUT2D eigenvalue weighted by Gasteiger charge is -2.26. The number of methoxy groups -OCH3 is 1. The maximum atomic E-state index is 13.9. The Kier molecular flexibility index (Phi) is 3.65. The molecule has 0 amide bonds. The number of rotatable bonds is 3. The van der Waals surface area contributed by atoms with E-state index in [1.165, 1.54) is 7.11 Å². The third-order valence-corrected chi connectivity index (χ3v) is 2.70. The molecule has 0 aliphatic rings. The summed E-state index contributed by atoms with van der Waals surface area (Å²) >= 11 is 5.64. The van der Waals surface area contributed by atoms with E-state index in [2.05, 4.69) is 0 Å². The summed E-state index contributed by atoms with van der Waals surface area (Å²) in [6.07, 6.45) is 0. The van der Waals surface area contributed by atoms with Gasteiger partial charge in [0, 0.05) is 17.0 Å². The minimum atomic E-state index is -0.891. The predicted octanol–water partition coefficient (Wildman–Crippen LogP) is 2.46. The summed E-state index contributed by atoms with van der Waals surface area (Å²) in [5.74, 6) is -0.929. The van der Waals surface area contributed by atoms with Gasteiger partial charge in [-0.05, 0) is 0 Å². The summed E-state index contributed by atoms with van der Waals surface area (Å²) in [5, 5.41) is 18.6. The molecule has 1 rings (SSSR count). The predicted molar refractivity (Wildman–Crippen MR) is 59.7 cm³/mol. The zero-order valence-electron chi connectivity index (χ0n) is 9.34. The summed E-state index contributed by atoms with van der Waals surface area (Å²) in [6.45, 7) is 2.97. The molecule has 0 spiro atoms. The van der Waals surface area contributed by atoms with Crippen LogP contribution >= 0.6 is 11.6 Å². The normalized spacial score (nSPS) is 11.6. The molecule has 2 N–H and O–H groups in total. The molecule has 1 aromatic rings. The SMILES string of the molecule is COc1c(O)cc(Cl)c(F)c1C(C)(C)CO. The van der Waals surface area contributed by atoms with E-state index in [0.717, 1.165) is 6.07 Å². The van der Waals surface area contributed by atoms with Gasteiger partial charge in [-0.15, -0.1) is 0 Å². The van der Waals surface area contributed by atoms with Crippen LogP contribution in [0.15, 0.2) is 6.07 Å². The van der Waals surface area contributed by atoms with Crippen LogP contribution in [0, 0.1) is 5.82 Å². The molecule has 0 saturated heterocycles. The summed E-state index contributed by atoms with van der Waals surface area (Å²) in [4.78, 5) is 0. The molecule has 5 heteroatoms. The van der Waals surface area contributed by atoms with Crippen molar-refractivity contribution in [2.45, 2.75) is 19.3 Å². The number of aliphatic hydroxyl groups is 1. The first-order chi connectivity index (χ1) is 7.35. The van der Waals surface area contributed by atoms with E-state index < -0.39 is 11.2 Å². The number of aliphatic hydroxyl groups excluding tert-OH is 1. The fourth-order valence-electron chi connectivity index (χ4n) is 1.49. The fraction of sp³-hybridized carbons (Fsp3) is 0.455. The van der Waals surface area contributed by atoms with Crippen molar-refractivity contribution in [2.75, 3.05) is 13.7 Å². The average molecular weight is 249 g/mol. The molecule has 0 bridgehead atoms. The molecule has 0 aromatic heterocycles. The van der Waals surface area contributed by atoms with Gasteiger partial charge in [0.15, 0.2) is 11.5 Å². The van der Waals surface area contributed by atoms with E-state index in [0.29, 0.717) is 0 Å². The van der Waals surface area contributed by atoms with Crippen molar-refractivity contribution < 1.29 is 19.3 Å². The van der Waals surface area contributed by atoms with Gasteiger partial charge in [0.05, 0.1) is 18.7 Å². The Morgan fingerprint density at radius 1 is 1.50 bits per heavy atom. The molecule has 1 aromatic carbocycles. The molecule has 0 heterocycles. The summed E-state index contributed by atoms with van der Waals surface area (Å²) in [7, 11) is 1.32. The quantitative estimate of drug-likeness (QED) is 0.864. The monoisotopic (exact) mass is 248 g/mol. The second-order valence-corrected chi connectivity index (χ2v) is 4.55. The first-order valence-corrected chi connectivity index (χ1v) is 5.09. The van der Waals surface area contributed by atoms with E-state index in [-0.39, 0.29) is 28.7 Å². The molecule has 16 heavy (non-hydrogen) atoms. The molecule has 0 aliphatic heterocycles. The van der Waals surface area contributed by atoms with Gasteiger partial charge < -0.3 is 14.9 Å². The number of phenolic OH excluding ortho intramolecular Hbond substituents is 1. The van der Waals surface area contributed by atoms with Crippen LogP contribution in [-0.4, -0.2) is 23.9 Å². The molecule has 0 atom stereocenters. The molecular weight excluding hydrogens is 235 g/mol. The Labute approximate surface area is 98.4 Å². The minimum Gasteiger partial charge on any atom is -0.504 e. The highest BCUT2D eigenvalue weighted by Gasteiger charge is 2.31. The van der Waals surface area contributed by atoms with Crippen molar-refractivity contribution in [1.29, 1.82) is 0 Å². The standard InChI is InChI=1S/C11H14ClFO3/c1-11(2,5-14)8-9(13)6(12)4-7(15)10(8)16-3/h4,14-15H,5H2,1-3H3. The zero-order chi connectivity index (χ0) is 12.5. The molecule has 0 saturated carbocycles. The largest absolute Gasteiger partial charge is 0.504 e. The Bertz CT molecular complexity index is 405. The molecule has 0 fully saturated rings. The zero-order valence-corrected chi connectivity index (χ0v) is 10.1. The molecule has 0 unspecified atom stereocenters. The van der Waals surface area contributed by atoms with Crippen LogP contribution in [0.4, 0.5) is 4.39 Å². The smallest absolute Gasteiger partial charge is 0.167 e. The highest BCUT2D eigenvalue weighted by molar-refractivity contribution is 6.31. The Hall–Kier alpha value is -1.00. The van der Waals surface area contributed by atoms with Crippen LogP contribution in [0.2, 0.25) is 5.02 Å². The topological polar surface area (TPSA) is 49.7 Å². The van der Waals surface area contributed by atoms with Crippen molar-refractivity contribution >= 4 is 11.6 Å². The van der Waals surface area contributed by atoms with Gasteiger partial charge >= 0.3 is 0 Å². The number of aromatic hydroxyl groups is 1. The van der Waals surface area contributed by atoms with E-state index in [9.17, 15) is 14.6 Å². The number of halogens is 2. The van der Waals surface area contributed by atoms with Crippen LogP contribution in [0.5, 0.6) is 11.5 Å². The number of ether oxygens (including phenoxy) is 1. The second kappa shape index (κ2) is 4.47. The van der Waals surface area contributed by atoms with E-state index >= 15 is 0 Å². The average Bonchev–Trinajstić information content (AvgIpc) is 2.22. The van der Waals surface area contributed by atoms with Gasteiger partial charge in [0.2, 0.25) is 0 Å². The maximum absolute atomic E-state index is 13.9. The molecular formula is C11H14ClFO3. The van der Waals surface area contributed by atoms with Crippen molar-refractivity contribution in [2.24, 2.45) is 0 Å².